The molecule has 0 atom stereocenters. The number of sulfonamides is 1. The first kappa shape index (κ1) is 15.5. The number of anilines is 1. The van der Waals surface area contributed by atoms with Gasteiger partial charge in [-0.25, -0.2) is 17.5 Å². The molecular weight excluding hydrogens is 305 g/mol. The summed E-state index contributed by atoms with van der Waals surface area (Å²) < 4.78 is 40.3. The van der Waals surface area contributed by atoms with E-state index in [0.717, 1.165) is 32.0 Å². The van der Waals surface area contributed by atoms with Crippen LogP contribution in [0.15, 0.2) is 17.0 Å². The van der Waals surface area contributed by atoms with Crippen molar-refractivity contribution >= 4 is 27.3 Å². The van der Waals surface area contributed by atoms with E-state index in [2.05, 4.69) is 9.62 Å². The van der Waals surface area contributed by atoms with Crippen LogP contribution in [0.25, 0.3) is 0 Å². The van der Waals surface area contributed by atoms with Crippen LogP contribution in [-0.2, 0) is 10.0 Å². The van der Waals surface area contributed by atoms with Crippen LogP contribution in [0.4, 0.5) is 10.1 Å². The van der Waals surface area contributed by atoms with Crippen molar-refractivity contribution in [1.82, 2.24) is 9.62 Å². The maximum absolute atomic E-state index is 13.8. The summed E-state index contributed by atoms with van der Waals surface area (Å²) in [6.07, 6.45) is 2.26. The normalized spacial score (nSPS) is 16.7. The number of nitrogens with one attached hydrogen (secondary N) is 1. The lowest BCUT2D eigenvalue weighted by Gasteiger charge is -2.15. The molecule has 0 saturated carbocycles. The van der Waals surface area contributed by atoms with Crippen molar-refractivity contribution in [2.24, 2.45) is 0 Å². The number of nitrogen functional groups attached to an aromatic ring is 1. The zero-order chi connectivity index (χ0) is 14.8. The Balaban J connectivity index is 2.06. The summed E-state index contributed by atoms with van der Waals surface area (Å²) in [5.74, 6) is -0.977. The van der Waals surface area contributed by atoms with Crippen molar-refractivity contribution in [3.8, 4) is 0 Å². The Bertz CT molecular complexity index is 589. The van der Waals surface area contributed by atoms with Crippen molar-refractivity contribution in [2.75, 3.05) is 31.9 Å². The highest BCUT2D eigenvalue weighted by Crippen LogP contribution is 2.25. The number of halogens is 2. The molecule has 0 unspecified atom stereocenters. The van der Waals surface area contributed by atoms with Crippen molar-refractivity contribution in [3.05, 3.63) is 23.0 Å². The highest BCUT2D eigenvalue weighted by atomic mass is 35.5. The molecule has 0 aromatic heterocycles. The Labute approximate surface area is 122 Å². The second-order valence-electron chi connectivity index (χ2n) is 4.76. The molecule has 0 amide bonds. The van der Waals surface area contributed by atoms with Gasteiger partial charge in [-0.05, 0) is 38.1 Å². The first-order chi connectivity index (χ1) is 9.40. The highest BCUT2D eigenvalue weighted by molar-refractivity contribution is 7.89. The van der Waals surface area contributed by atoms with Crippen molar-refractivity contribution < 1.29 is 12.8 Å². The van der Waals surface area contributed by atoms with Gasteiger partial charge in [-0.1, -0.05) is 11.6 Å². The van der Waals surface area contributed by atoms with E-state index >= 15 is 0 Å². The Morgan fingerprint density at radius 1 is 1.35 bits per heavy atom. The van der Waals surface area contributed by atoms with E-state index in [1.807, 2.05) is 0 Å². The average molecular weight is 322 g/mol. The van der Waals surface area contributed by atoms with Gasteiger partial charge in [0, 0.05) is 18.8 Å². The molecule has 1 aromatic carbocycles. The van der Waals surface area contributed by atoms with Crippen molar-refractivity contribution in [3.63, 3.8) is 0 Å². The molecule has 2 rings (SSSR count). The lowest BCUT2D eigenvalue weighted by molar-refractivity contribution is 0.344. The minimum absolute atomic E-state index is 0.108. The van der Waals surface area contributed by atoms with Gasteiger partial charge < -0.3 is 10.6 Å². The molecule has 1 fully saturated rings. The third kappa shape index (κ3) is 3.60. The van der Waals surface area contributed by atoms with Gasteiger partial charge in [-0.2, -0.15) is 0 Å². The summed E-state index contributed by atoms with van der Waals surface area (Å²) in [4.78, 5) is 1.65. The fourth-order valence-electron chi connectivity index (χ4n) is 2.20. The maximum Gasteiger partial charge on any atom is 0.243 e. The first-order valence-electron chi connectivity index (χ1n) is 6.37. The molecule has 1 aromatic rings. The SMILES string of the molecule is Nc1cc(Cl)c(F)c(S(=O)(=O)NCCN2CCCC2)c1. The van der Waals surface area contributed by atoms with E-state index < -0.39 is 20.7 Å². The van der Waals surface area contributed by atoms with Crippen molar-refractivity contribution in [1.29, 1.82) is 0 Å². The van der Waals surface area contributed by atoms with Crippen LogP contribution in [0.1, 0.15) is 12.8 Å². The molecular formula is C12H17ClFN3O2S. The second kappa shape index (κ2) is 6.26. The van der Waals surface area contributed by atoms with Crippen LogP contribution in [0.3, 0.4) is 0 Å². The second-order valence-corrected chi connectivity index (χ2v) is 6.90. The van der Waals surface area contributed by atoms with Gasteiger partial charge in [-0.3, -0.25) is 0 Å². The van der Waals surface area contributed by atoms with Crippen LogP contribution in [0.5, 0.6) is 0 Å². The molecule has 0 bridgehead atoms. The Morgan fingerprint density at radius 2 is 2.00 bits per heavy atom. The van der Waals surface area contributed by atoms with Gasteiger partial charge >= 0.3 is 0 Å². The third-order valence-electron chi connectivity index (χ3n) is 3.23. The highest BCUT2D eigenvalue weighted by Gasteiger charge is 2.22. The smallest absolute Gasteiger partial charge is 0.243 e. The number of nitrogens with zero attached hydrogens (tertiary/aromatic N) is 1. The average Bonchev–Trinajstić information content (AvgIpc) is 2.86. The van der Waals surface area contributed by atoms with Gasteiger partial charge in [0.25, 0.3) is 0 Å². The number of hydrogen-bond acceptors (Lipinski definition) is 4. The number of likely N-dealkylation sites (tertiary alicyclic amines) is 1. The number of benzene rings is 1. The molecule has 20 heavy (non-hydrogen) atoms. The largest absolute Gasteiger partial charge is 0.399 e. The first-order valence-corrected chi connectivity index (χ1v) is 8.23. The lowest BCUT2D eigenvalue weighted by Crippen LogP contribution is -2.33. The standard InChI is InChI=1S/C12H17ClFN3O2S/c13-10-7-9(15)8-11(12(10)14)20(18,19)16-3-6-17-4-1-2-5-17/h7-8,16H,1-6,15H2. The molecule has 0 spiro atoms. The van der Waals surface area contributed by atoms with Gasteiger partial charge in [0.2, 0.25) is 10.0 Å². The van der Waals surface area contributed by atoms with Crippen LogP contribution < -0.4 is 10.5 Å². The predicted octanol–water partition coefficient (Wildman–Crippen LogP) is 1.44. The predicted molar refractivity (Wildman–Crippen MR) is 76.7 cm³/mol. The number of hydrogen-bond donors (Lipinski definition) is 2. The fourth-order valence-corrected chi connectivity index (χ4v) is 3.64. The minimum atomic E-state index is -3.94. The molecule has 5 nitrogen and oxygen atoms in total. The van der Waals surface area contributed by atoms with E-state index in [4.69, 9.17) is 17.3 Å². The Hall–Kier alpha value is -0.890. The van der Waals surface area contributed by atoms with E-state index in [1.54, 1.807) is 0 Å². The molecule has 0 radical (unpaired) electrons. The molecule has 8 heteroatoms. The quantitative estimate of drug-likeness (QED) is 0.805. The van der Waals surface area contributed by atoms with Crippen molar-refractivity contribution in [2.45, 2.75) is 17.7 Å². The van der Waals surface area contributed by atoms with Gasteiger partial charge in [0.05, 0.1) is 5.02 Å². The fraction of sp³-hybridized carbons (Fsp3) is 0.500. The molecule has 1 saturated heterocycles. The molecule has 1 aliphatic rings. The zero-order valence-corrected chi connectivity index (χ0v) is 12.5. The summed E-state index contributed by atoms with van der Waals surface area (Å²) in [7, 11) is -3.94. The van der Waals surface area contributed by atoms with E-state index in [1.165, 1.54) is 6.07 Å². The summed E-state index contributed by atoms with van der Waals surface area (Å²) in [5.41, 5.74) is 5.61. The van der Waals surface area contributed by atoms with Crippen LogP contribution >= 0.6 is 11.6 Å². The van der Waals surface area contributed by atoms with Crippen LogP contribution in [0, 0.1) is 5.82 Å². The summed E-state index contributed by atoms with van der Waals surface area (Å²) in [6.45, 7) is 2.78. The van der Waals surface area contributed by atoms with E-state index in [0.29, 0.717) is 6.54 Å². The topological polar surface area (TPSA) is 75.4 Å². The van der Waals surface area contributed by atoms with Crippen LogP contribution in [-0.4, -0.2) is 39.5 Å². The molecule has 3 N–H and O–H groups in total. The number of rotatable bonds is 5. The molecule has 1 heterocycles. The zero-order valence-electron chi connectivity index (χ0n) is 10.9. The van der Waals surface area contributed by atoms with Gasteiger partial charge in [0.15, 0.2) is 5.82 Å². The molecule has 112 valence electrons. The summed E-state index contributed by atoms with van der Waals surface area (Å²) in [6, 6.07) is 2.25. The minimum Gasteiger partial charge on any atom is -0.399 e. The van der Waals surface area contributed by atoms with Gasteiger partial charge in [0.1, 0.15) is 4.90 Å². The summed E-state index contributed by atoms with van der Waals surface area (Å²) >= 11 is 5.61. The Kier molecular flexibility index (Phi) is 4.85. The third-order valence-corrected chi connectivity index (χ3v) is 4.96. The number of nitrogens with two attached hydrogens (primary N) is 1. The maximum atomic E-state index is 13.8. The Morgan fingerprint density at radius 3 is 2.65 bits per heavy atom. The van der Waals surface area contributed by atoms with E-state index in [9.17, 15) is 12.8 Å². The monoisotopic (exact) mass is 321 g/mol. The van der Waals surface area contributed by atoms with Gasteiger partial charge in [-0.15, -0.1) is 0 Å². The molecule has 1 aliphatic heterocycles. The lowest BCUT2D eigenvalue weighted by atomic mass is 10.3. The van der Waals surface area contributed by atoms with Crippen LogP contribution in [0.2, 0.25) is 5.02 Å². The molecule has 0 aliphatic carbocycles. The van der Waals surface area contributed by atoms with E-state index in [-0.39, 0.29) is 17.3 Å². The summed E-state index contributed by atoms with van der Waals surface area (Å²) in [5, 5.41) is -0.301.